The van der Waals surface area contributed by atoms with Crippen molar-refractivity contribution in [1.82, 2.24) is 15.3 Å². The van der Waals surface area contributed by atoms with E-state index < -0.39 is 0 Å². The van der Waals surface area contributed by atoms with E-state index in [-0.39, 0.29) is 6.04 Å². The van der Waals surface area contributed by atoms with Gasteiger partial charge in [-0.05, 0) is 18.7 Å². The Kier molecular flexibility index (Phi) is 4.48. The lowest BCUT2D eigenvalue weighted by Crippen LogP contribution is -2.23. The zero-order chi connectivity index (χ0) is 12.1. The van der Waals surface area contributed by atoms with Gasteiger partial charge in [-0.1, -0.05) is 18.5 Å². The number of halogens is 1. The van der Waals surface area contributed by atoms with E-state index in [4.69, 9.17) is 11.6 Å². The number of hydrogen-bond acceptors (Lipinski definition) is 4. The summed E-state index contributed by atoms with van der Waals surface area (Å²) in [5.41, 5.74) is 0.971. The van der Waals surface area contributed by atoms with E-state index in [0.29, 0.717) is 0 Å². The molecule has 0 spiro atoms. The lowest BCUT2D eigenvalue weighted by Gasteiger charge is -2.15. The molecule has 5 heteroatoms. The molecule has 0 bridgehead atoms. The van der Waals surface area contributed by atoms with Gasteiger partial charge in [-0.2, -0.15) is 0 Å². The van der Waals surface area contributed by atoms with Gasteiger partial charge in [0.1, 0.15) is 0 Å². The van der Waals surface area contributed by atoms with Crippen LogP contribution in [0.5, 0.6) is 0 Å². The Morgan fingerprint density at radius 2 is 2.29 bits per heavy atom. The normalized spacial score (nSPS) is 12.6. The first kappa shape index (κ1) is 12.5. The van der Waals surface area contributed by atoms with Crippen molar-refractivity contribution in [2.45, 2.75) is 19.4 Å². The van der Waals surface area contributed by atoms with Crippen LogP contribution in [0, 0.1) is 0 Å². The maximum absolute atomic E-state index is 5.94. The summed E-state index contributed by atoms with van der Waals surface area (Å²) in [4.78, 5) is 9.71. The lowest BCUT2D eigenvalue weighted by atomic mass is 10.1. The SMILES string of the molecule is CCNC(Cc1ccc(Cl)s1)c1cnccn1. The van der Waals surface area contributed by atoms with Crippen LogP contribution in [-0.2, 0) is 6.42 Å². The summed E-state index contributed by atoms with van der Waals surface area (Å²) in [6, 6.07) is 4.19. The van der Waals surface area contributed by atoms with Crippen molar-refractivity contribution in [3.05, 3.63) is 45.6 Å². The van der Waals surface area contributed by atoms with Crippen molar-refractivity contribution in [2.75, 3.05) is 6.54 Å². The van der Waals surface area contributed by atoms with E-state index in [2.05, 4.69) is 28.3 Å². The van der Waals surface area contributed by atoms with Gasteiger partial charge in [0.15, 0.2) is 0 Å². The van der Waals surface area contributed by atoms with E-state index in [0.717, 1.165) is 23.0 Å². The Hall–Kier alpha value is -0.970. The summed E-state index contributed by atoms with van der Waals surface area (Å²) >= 11 is 7.55. The Morgan fingerprint density at radius 3 is 2.88 bits per heavy atom. The number of aromatic nitrogens is 2. The molecule has 2 heterocycles. The average Bonchev–Trinajstić information content (AvgIpc) is 2.75. The second-order valence-corrected chi connectivity index (χ2v) is 5.45. The Morgan fingerprint density at radius 1 is 1.41 bits per heavy atom. The van der Waals surface area contributed by atoms with E-state index in [1.165, 1.54) is 4.88 Å². The predicted molar refractivity (Wildman–Crippen MR) is 71.5 cm³/mol. The molecule has 1 unspecified atom stereocenters. The third-order valence-electron chi connectivity index (χ3n) is 2.42. The summed E-state index contributed by atoms with van der Waals surface area (Å²) in [6.45, 7) is 2.99. The number of likely N-dealkylation sites (N-methyl/N-ethyl adjacent to an activating group) is 1. The van der Waals surface area contributed by atoms with Crippen molar-refractivity contribution in [3.63, 3.8) is 0 Å². The minimum absolute atomic E-state index is 0.198. The molecule has 0 saturated carbocycles. The largest absolute Gasteiger partial charge is 0.309 e. The topological polar surface area (TPSA) is 37.8 Å². The van der Waals surface area contributed by atoms with Crippen LogP contribution in [-0.4, -0.2) is 16.5 Å². The predicted octanol–water partition coefficient (Wildman–Crippen LogP) is 3.08. The minimum atomic E-state index is 0.198. The van der Waals surface area contributed by atoms with Crippen LogP contribution < -0.4 is 5.32 Å². The highest BCUT2D eigenvalue weighted by atomic mass is 35.5. The van der Waals surface area contributed by atoms with Gasteiger partial charge in [-0.3, -0.25) is 9.97 Å². The van der Waals surface area contributed by atoms with Gasteiger partial charge in [0.05, 0.1) is 16.1 Å². The molecule has 2 rings (SSSR count). The highest BCUT2D eigenvalue weighted by Gasteiger charge is 2.13. The number of nitrogens with one attached hydrogen (secondary N) is 1. The Balaban J connectivity index is 2.13. The van der Waals surface area contributed by atoms with Gasteiger partial charge in [0.25, 0.3) is 0 Å². The van der Waals surface area contributed by atoms with Crippen LogP contribution in [0.4, 0.5) is 0 Å². The molecule has 3 nitrogen and oxygen atoms in total. The zero-order valence-corrected chi connectivity index (χ0v) is 11.1. The molecule has 1 N–H and O–H groups in total. The fourth-order valence-corrected chi connectivity index (χ4v) is 2.81. The van der Waals surface area contributed by atoms with Crippen LogP contribution >= 0.6 is 22.9 Å². The van der Waals surface area contributed by atoms with Crippen molar-refractivity contribution < 1.29 is 0 Å². The zero-order valence-electron chi connectivity index (χ0n) is 9.56. The van der Waals surface area contributed by atoms with Crippen molar-refractivity contribution in [3.8, 4) is 0 Å². The third kappa shape index (κ3) is 3.49. The van der Waals surface area contributed by atoms with Gasteiger partial charge >= 0.3 is 0 Å². The van der Waals surface area contributed by atoms with E-state index in [1.807, 2.05) is 12.3 Å². The first-order chi connectivity index (χ1) is 8.29. The molecule has 0 aliphatic rings. The first-order valence-electron chi connectivity index (χ1n) is 5.53. The smallest absolute Gasteiger partial charge is 0.0931 e. The highest BCUT2D eigenvalue weighted by molar-refractivity contribution is 7.16. The lowest BCUT2D eigenvalue weighted by molar-refractivity contribution is 0.538. The Labute approximate surface area is 110 Å². The molecular formula is C12H14ClN3S. The molecular weight excluding hydrogens is 254 g/mol. The molecule has 2 aromatic heterocycles. The monoisotopic (exact) mass is 267 g/mol. The van der Waals surface area contributed by atoms with E-state index >= 15 is 0 Å². The maximum Gasteiger partial charge on any atom is 0.0931 e. The average molecular weight is 268 g/mol. The molecule has 0 aromatic carbocycles. The third-order valence-corrected chi connectivity index (χ3v) is 3.68. The van der Waals surface area contributed by atoms with E-state index in [1.54, 1.807) is 23.7 Å². The summed E-state index contributed by atoms with van der Waals surface area (Å²) in [5, 5.41) is 3.42. The summed E-state index contributed by atoms with van der Waals surface area (Å²) in [7, 11) is 0. The summed E-state index contributed by atoms with van der Waals surface area (Å²) in [5.74, 6) is 0. The van der Waals surface area contributed by atoms with Crippen molar-refractivity contribution in [2.24, 2.45) is 0 Å². The second-order valence-electron chi connectivity index (χ2n) is 3.65. The van der Waals surface area contributed by atoms with Gasteiger partial charge in [0, 0.05) is 29.9 Å². The molecule has 0 aliphatic heterocycles. The van der Waals surface area contributed by atoms with E-state index in [9.17, 15) is 0 Å². The molecule has 90 valence electrons. The minimum Gasteiger partial charge on any atom is -0.309 e. The van der Waals surface area contributed by atoms with Gasteiger partial charge in [-0.25, -0.2) is 0 Å². The van der Waals surface area contributed by atoms with Crippen LogP contribution in [0.25, 0.3) is 0 Å². The van der Waals surface area contributed by atoms with Crippen molar-refractivity contribution >= 4 is 22.9 Å². The van der Waals surface area contributed by atoms with Gasteiger partial charge in [0.2, 0.25) is 0 Å². The first-order valence-corrected chi connectivity index (χ1v) is 6.72. The number of rotatable bonds is 5. The molecule has 0 amide bonds. The van der Waals surface area contributed by atoms with Crippen LogP contribution in [0.15, 0.2) is 30.7 Å². The molecule has 2 aromatic rings. The second kappa shape index (κ2) is 6.10. The summed E-state index contributed by atoms with van der Waals surface area (Å²) in [6.07, 6.45) is 6.11. The standard InChI is InChI=1S/C12H14ClN3S/c1-2-15-10(11-8-14-5-6-16-11)7-9-3-4-12(13)17-9/h3-6,8,10,15H,2,7H2,1H3. The fourth-order valence-electron chi connectivity index (χ4n) is 1.68. The van der Waals surface area contributed by atoms with Crippen LogP contribution in [0.1, 0.15) is 23.5 Å². The molecule has 0 aliphatic carbocycles. The number of hydrogen-bond donors (Lipinski definition) is 1. The molecule has 0 fully saturated rings. The van der Waals surface area contributed by atoms with Crippen LogP contribution in [0.2, 0.25) is 4.34 Å². The summed E-state index contributed by atoms with van der Waals surface area (Å²) < 4.78 is 0.828. The molecule has 17 heavy (non-hydrogen) atoms. The fraction of sp³-hybridized carbons (Fsp3) is 0.333. The van der Waals surface area contributed by atoms with Crippen molar-refractivity contribution in [1.29, 1.82) is 0 Å². The number of thiophene rings is 1. The molecule has 0 saturated heterocycles. The molecule has 0 radical (unpaired) electrons. The highest BCUT2D eigenvalue weighted by Crippen LogP contribution is 2.25. The van der Waals surface area contributed by atoms with Gasteiger partial charge < -0.3 is 5.32 Å². The Bertz CT molecular complexity index is 458. The molecule has 1 atom stereocenters. The quantitative estimate of drug-likeness (QED) is 0.905. The van der Waals surface area contributed by atoms with Crippen LogP contribution in [0.3, 0.4) is 0 Å². The number of nitrogens with zero attached hydrogens (tertiary/aromatic N) is 2. The maximum atomic E-state index is 5.94. The van der Waals surface area contributed by atoms with Gasteiger partial charge in [-0.15, -0.1) is 11.3 Å².